The molecule has 13 nitrogen and oxygen atoms in total. The minimum atomic E-state index is -4.25. The summed E-state index contributed by atoms with van der Waals surface area (Å²) in [6.07, 6.45) is -1.59. The van der Waals surface area contributed by atoms with Gasteiger partial charge in [-0.15, -0.1) is 0 Å². The molecule has 224 valence electrons. The number of likely N-dealkylation sites (N-methyl/N-ethyl adjacent to an activating group) is 2. The summed E-state index contributed by atoms with van der Waals surface area (Å²) in [6, 6.07) is 8.85. The van der Waals surface area contributed by atoms with Crippen molar-refractivity contribution in [2.24, 2.45) is 0 Å². The van der Waals surface area contributed by atoms with Crippen LogP contribution in [0.25, 0.3) is 0 Å². The van der Waals surface area contributed by atoms with Crippen molar-refractivity contribution in [2.45, 2.75) is 43.6 Å². The molecular formula is C25H32F2N5O8P. The molecule has 1 aromatic heterocycles. The smallest absolute Gasteiger partial charge is 0.461 e. The predicted molar refractivity (Wildman–Crippen MR) is 142 cm³/mol. The highest BCUT2D eigenvalue weighted by molar-refractivity contribution is 7.51. The number of carbonyl (C=O) groups is 2. The summed E-state index contributed by atoms with van der Waals surface area (Å²) >= 11 is 0. The fourth-order valence-electron chi connectivity index (χ4n) is 4.54. The van der Waals surface area contributed by atoms with Crippen LogP contribution in [0.3, 0.4) is 0 Å². The zero-order valence-electron chi connectivity index (χ0n) is 22.8. The average Bonchev–Trinajstić information content (AvgIpc) is 3.49. The maximum atomic E-state index is 15.0. The molecule has 0 aliphatic carbocycles. The number of para-hydroxylation sites is 1. The number of aromatic nitrogens is 2. The molecule has 1 N–H and O–H groups in total. The SMILES string of the molecule is COC(=O)CN(C)P(=O)(OCC1CC(F)(F)C(n2ccc(NC(=O)[C@@H]3CCCN3C)nc2=O)O1)Oc1ccccc1. The molecule has 4 rings (SSSR count). The van der Waals surface area contributed by atoms with E-state index in [1.807, 2.05) is 11.9 Å². The molecule has 0 bridgehead atoms. The number of nitrogens with one attached hydrogen (secondary N) is 1. The van der Waals surface area contributed by atoms with Crippen LogP contribution in [0, 0.1) is 0 Å². The Morgan fingerprint density at radius 3 is 2.63 bits per heavy atom. The van der Waals surface area contributed by atoms with Crippen molar-refractivity contribution in [3.8, 4) is 5.75 Å². The van der Waals surface area contributed by atoms with E-state index >= 15 is 8.78 Å². The van der Waals surface area contributed by atoms with Crippen LogP contribution in [0.2, 0.25) is 0 Å². The number of benzene rings is 1. The van der Waals surface area contributed by atoms with Gasteiger partial charge in [0.2, 0.25) is 12.1 Å². The number of likely N-dealkylation sites (tertiary alicyclic amines) is 1. The van der Waals surface area contributed by atoms with Crippen molar-refractivity contribution in [2.75, 3.05) is 46.2 Å². The highest BCUT2D eigenvalue weighted by Gasteiger charge is 2.52. The molecule has 0 spiro atoms. The number of ether oxygens (including phenoxy) is 2. The number of alkyl halides is 2. The lowest BCUT2D eigenvalue weighted by Gasteiger charge is -2.27. The maximum absolute atomic E-state index is 15.0. The van der Waals surface area contributed by atoms with Crippen molar-refractivity contribution >= 4 is 25.4 Å². The van der Waals surface area contributed by atoms with Crippen LogP contribution in [0.5, 0.6) is 5.75 Å². The van der Waals surface area contributed by atoms with Crippen molar-refractivity contribution in [3.05, 3.63) is 53.1 Å². The first-order chi connectivity index (χ1) is 19.4. The zero-order valence-corrected chi connectivity index (χ0v) is 23.7. The third-order valence-electron chi connectivity index (χ3n) is 6.73. The number of methoxy groups -OCH3 is 1. The van der Waals surface area contributed by atoms with Gasteiger partial charge in [0.1, 0.15) is 18.1 Å². The number of carbonyl (C=O) groups excluding carboxylic acids is 2. The first-order valence-electron chi connectivity index (χ1n) is 12.8. The minimum absolute atomic E-state index is 0.0645. The van der Waals surface area contributed by atoms with E-state index in [9.17, 15) is 18.9 Å². The Kier molecular flexibility index (Phi) is 9.55. The van der Waals surface area contributed by atoms with Gasteiger partial charge in [-0.2, -0.15) is 9.65 Å². The lowest BCUT2D eigenvalue weighted by molar-refractivity contribution is -0.140. The van der Waals surface area contributed by atoms with Gasteiger partial charge in [0.25, 0.3) is 5.92 Å². The highest BCUT2D eigenvalue weighted by Crippen LogP contribution is 2.52. The third kappa shape index (κ3) is 7.35. The minimum Gasteiger partial charge on any atom is -0.468 e. The molecule has 2 fully saturated rings. The Labute approximate surface area is 234 Å². The predicted octanol–water partition coefficient (Wildman–Crippen LogP) is 2.51. The van der Waals surface area contributed by atoms with Gasteiger partial charge in [-0.05, 0) is 51.7 Å². The van der Waals surface area contributed by atoms with Gasteiger partial charge in [0.05, 0.1) is 25.9 Å². The fraction of sp³-hybridized carbons (Fsp3) is 0.520. The monoisotopic (exact) mass is 599 g/mol. The molecule has 2 aliphatic heterocycles. The molecule has 41 heavy (non-hydrogen) atoms. The average molecular weight is 600 g/mol. The Morgan fingerprint density at radius 2 is 2.00 bits per heavy atom. The highest BCUT2D eigenvalue weighted by atomic mass is 31.2. The van der Waals surface area contributed by atoms with Crippen LogP contribution in [0.4, 0.5) is 14.6 Å². The Hall–Kier alpha value is -3.23. The van der Waals surface area contributed by atoms with Crippen molar-refractivity contribution in [1.82, 2.24) is 19.1 Å². The van der Waals surface area contributed by atoms with Gasteiger partial charge in [0, 0.05) is 12.6 Å². The fourth-order valence-corrected chi connectivity index (χ4v) is 5.96. The molecule has 4 atom stereocenters. The second kappa shape index (κ2) is 12.7. The Bertz CT molecular complexity index is 1350. The summed E-state index contributed by atoms with van der Waals surface area (Å²) in [4.78, 5) is 42.5. The second-order valence-corrected chi connectivity index (χ2v) is 11.8. The Balaban J connectivity index is 1.44. The van der Waals surface area contributed by atoms with E-state index in [1.54, 1.807) is 18.2 Å². The number of hydrogen-bond donors (Lipinski definition) is 1. The molecule has 0 radical (unpaired) electrons. The zero-order chi connectivity index (χ0) is 29.8. The number of nitrogens with zero attached hydrogens (tertiary/aromatic N) is 4. The van der Waals surface area contributed by atoms with E-state index in [4.69, 9.17) is 13.8 Å². The van der Waals surface area contributed by atoms with E-state index in [1.165, 1.54) is 25.2 Å². The first-order valence-corrected chi connectivity index (χ1v) is 14.3. The molecule has 2 aromatic rings. The van der Waals surface area contributed by atoms with E-state index < -0.39 is 57.2 Å². The van der Waals surface area contributed by atoms with E-state index in [0.29, 0.717) is 11.0 Å². The number of amides is 1. The number of anilines is 1. The van der Waals surface area contributed by atoms with Crippen molar-refractivity contribution in [1.29, 1.82) is 0 Å². The van der Waals surface area contributed by atoms with Gasteiger partial charge in [0.15, 0.2) is 0 Å². The van der Waals surface area contributed by atoms with E-state index in [0.717, 1.165) is 30.9 Å². The van der Waals surface area contributed by atoms with E-state index in [2.05, 4.69) is 15.0 Å². The Morgan fingerprint density at radius 1 is 1.27 bits per heavy atom. The summed E-state index contributed by atoms with van der Waals surface area (Å²) < 4.78 is 66.4. The third-order valence-corrected chi connectivity index (χ3v) is 8.63. The number of hydrogen-bond acceptors (Lipinski definition) is 10. The van der Waals surface area contributed by atoms with Crippen LogP contribution in [-0.2, 0) is 28.2 Å². The maximum Gasteiger partial charge on any atom is 0.461 e. The summed E-state index contributed by atoms with van der Waals surface area (Å²) in [5, 5.41) is 2.55. The van der Waals surface area contributed by atoms with Crippen LogP contribution in [0.15, 0.2) is 47.4 Å². The van der Waals surface area contributed by atoms with E-state index in [-0.39, 0.29) is 23.5 Å². The van der Waals surface area contributed by atoms with Gasteiger partial charge in [-0.3, -0.25) is 23.6 Å². The largest absolute Gasteiger partial charge is 0.468 e. The number of esters is 1. The molecule has 3 heterocycles. The molecule has 2 aliphatic rings. The number of halogens is 2. The summed E-state index contributed by atoms with van der Waals surface area (Å²) in [5.74, 6) is -4.48. The summed E-state index contributed by atoms with van der Waals surface area (Å²) in [6.45, 7) is -0.305. The molecule has 1 aromatic carbocycles. The van der Waals surface area contributed by atoms with Crippen LogP contribution in [-0.4, -0.2) is 90.0 Å². The summed E-state index contributed by atoms with van der Waals surface area (Å²) in [5.41, 5.74) is -1.05. The van der Waals surface area contributed by atoms with Gasteiger partial charge >= 0.3 is 19.4 Å². The summed E-state index contributed by atoms with van der Waals surface area (Å²) in [7, 11) is 0.0143. The molecule has 1 amide bonds. The molecular weight excluding hydrogens is 567 g/mol. The lowest BCUT2D eigenvalue weighted by Crippen LogP contribution is -2.38. The standard InChI is InChI=1S/C25H32F2N5O8P/c1-30-12-7-10-19(30)22(34)28-20-11-13-32(24(35)29-20)23-25(26,27)14-18(39-23)16-38-41(36,31(2)15-21(33)37-3)40-17-8-5-4-6-9-17/h4-6,8-9,11,13,18-19,23H,7,10,12,14-16H2,1-3H3,(H,28,29,34,35)/t18?,19-,23?,41?/m0/s1. The van der Waals surface area contributed by atoms with Gasteiger partial charge in [-0.1, -0.05) is 18.2 Å². The van der Waals surface area contributed by atoms with Gasteiger partial charge in [-0.25, -0.2) is 18.1 Å². The van der Waals surface area contributed by atoms with Crippen molar-refractivity contribution in [3.63, 3.8) is 0 Å². The second-order valence-electron chi connectivity index (χ2n) is 9.77. The van der Waals surface area contributed by atoms with Crippen LogP contribution < -0.4 is 15.5 Å². The van der Waals surface area contributed by atoms with Gasteiger partial charge < -0.3 is 19.3 Å². The topological polar surface area (TPSA) is 142 Å². The lowest BCUT2D eigenvalue weighted by atomic mass is 10.2. The quantitative estimate of drug-likeness (QED) is 0.301. The molecule has 3 unspecified atom stereocenters. The van der Waals surface area contributed by atoms with Crippen LogP contribution >= 0.6 is 7.75 Å². The van der Waals surface area contributed by atoms with Crippen molar-refractivity contribution < 1.29 is 41.5 Å². The molecule has 0 saturated carbocycles. The molecule has 2 saturated heterocycles. The normalized spacial score (nSPS) is 23.7. The molecule has 16 heteroatoms. The number of rotatable bonds is 11. The van der Waals surface area contributed by atoms with Crippen LogP contribution in [0.1, 0.15) is 25.5 Å². The first kappa shape index (κ1) is 30.7.